The quantitative estimate of drug-likeness (QED) is 0.788. The predicted octanol–water partition coefficient (Wildman–Crippen LogP) is 4.51. The van der Waals surface area contributed by atoms with Crippen molar-refractivity contribution in [2.24, 2.45) is 0 Å². The van der Waals surface area contributed by atoms with Gasteiger partial charge < -0.3 is 15.1 Å². The van der Waals surface area contributed by atoms with Crippen LogP contribution in [-0.4, -0.2) is 36.2 Å². The van der Waals surface area contributed by atoms with E-state index >= 15 is 0 Å². The van der Waals surface area contributed by atoms with E-state index in [0.717, 1.165) is 52.7 Å². The van der Waals surface area contributed by atoms with Crippen molar-refractivity contribution in [2.45, 2.75) is 0 Å². The van der Waals surface area contributed by atoms with Crippen LogP contribution in [0.1, 0.15) is 0 Å². The molecule has 2 aromatic carbocycles. The molecule has 0 radical (unpaired) electrons. The normalized spacial score (nSPS) is 14.7. The third-order valence-electron chi connectivity index (χ3n) is 3.84. The molecule has 1 aliphatic rings. The zero-order chi connectivity index (χ0) is 16.2. The fourth-order valence-electron chi connectivity index (χ4n) is 2.58. The molecule has 0 bridgehead atoms. The summed E-state index contributed by atoms with van der Waals surface area (Å²) in [6, 6.07) is 15.5. The summed E-state index contributed by atoms with van der Waals surface area (Å²) in [7, 11) is 0. The van der Waals surface area contributed by atoms with Gasteiger partial charge >= 0.3 is 0 Å². The number of thiocarbonyl (C=S) groups is 1. The van der Waals surface area contributed by atoms with Gasteiger partial charge in [-0.15, -0.1) is 0 Å². The molecule has 0 aromatic heterocycles. The molecule has 1 saturated heterocycles. The van der Waals surface area contributed by atoms with E-state index in [1.807, 2.05) is 42.5 Å². The third kappa shape index (κ3) is 4.28. The molecule has 0 amide bonds. The molecule has 2 aromatic rings. The summed E-state index contributed by atoms with van der Waals surface area (Å²) in [6.07, 6.45) is 0. The van der Waals surface area contributed by atoms with Crippen molar-refractivity contribution in [2.75, 3.05) is 36.4 Å². The number of hydrogen-bond acceptors (Lipinski definition) is 2. The van der Waals surface area contributed by atoms with Gasteiger partial charge in [0, 0.05) is 47.6 Å². The average Bonchev–Trinajstić information content (AvgIpc) is 2.57. The SMILES string of the molecule is S=C(Nc1ccc(Cl)cc1)N1CCN(c2cccc(Cl)c2)CC1. The Morgan fingerprint density at radius 1 is 0.913 bits per heavy atom. The molecule has 6 heteroatoms. The largest absolute Gasteiger partial charge is 0.368 e. The minimum absolute atomic E-state index is 0.719. The van der Waals surface area contributed by atoms with Crippen LogP contribution < -0.4 is 10.2 Å². The Labute approximate surface area is 151 Å². The first-order valence-corrected chi connectivity index (χ1v) is 8.60. The van der Waals surface area contributed by atoms with Crippen LogP contribution in [-0.2, 0) is 0 Å². The van der Waals surface area contributed by atoms with Crippen LogP contribution in [0, 0.1) is 0 Å². The Morgan fingerprint density at radius 3 is 2.26 bits per heavy atom. The summed E-state index contributed by atoms with van der Waals surface area (Å²) in [4.78, 5) is 4.51. The lowest BCUT2D eigenvalue weighted by Crippen LogP contribution is -2.50. The van der Waals surface area contributed by atoms with Crippen molar-refractivity contribution in [3.8, 4) is 0 Å². The lowest BCUT2D eigenvalue weighted by molar-refractivity contribution is 0.391. The number of halogens is 2. The van der Waals surface area contributed by atoms with E-state index in [1.54, 1.807) is 0 Å². The molecule has 0 spiro atoms. The van der Waals surface area contributed by atoms with Crippen LogP contribution >= 0.6 is 35.4 Å². The number of benzene rings is 2. The molecule has 1 aliphatic heterocycles. The molecule has 0 atom stereocenters. The maximum absolute atomic E-state index is 6.07. The lowest BCUT2D eigenvalue weighted by atomic mass is 10.2. The Morgan fingerprint density at radius 2 is 1.61 bits per heavy atom. The van der Waals surface area contributed by atoms with Gasteiger partial charge in [0.05, 0.1) is 0 Å². The summed E-state index contributed by atoms with van der Waals surface area (Å²) in [5, 5.41) is 5.50. The first-order valence-electron chi connectivity index (χ1n) is 7.44. The fourth-order valence-corrected chi connectivity index (χ4v) is 3.19. The van der Waals surface area contributed by atoms with Crippen molar-refractivity contribution in [3.63, 3.8) is 0 Å². The van der Waals surface area contributed by atoms with E-state index in [4.69, 9.17) is 35.4 Å². The predicted molar refractivity (Wildman–Crippen MR) is 103 cm³/mol. The van der Waals surface area contributed by atoms with Gasteiger partial charge in [0.25, 0.3) is 0 Å². The Hall–Kier alpha value is -1.49. The molecular formula is C17H17Cl2N3S. The monoisotopic (exact) mass is 365 g/mol. The van der Waals surface area contributed by atoms with Crippen LogP contribution in [0.5, 0.6) is 0 Å². The molecule has 120 valence electrons. The van der Waals surface area contributed by atoms with E-state index < -0.39 is 0 Å². The standard InChI is InChI=1S/C17H17Cl2N3S/c18-13-4-6-15(7-5-13)20-17(23)22-10-8-21(9-11-22)16-3-1-2-14(19)12-16/h1-7,12H,8-11H2,(H,20,23). The van der Waals surface area contributed by atoms with Crippen molar-refractivity contribution in [3.05, 3.63) is 58.6 Å². The highest BCUT2D eigenvalue weighted by atomic mass is 35.5. The Bertz CT molecular complexity index is 682. The van der Waals surface area contributed by atoms with Gasteiger partial charge in [-0.05, 0) is 54.7 Å². The van der Waals surface area contributed by atoms with E-state index in [-0.39, 0.29) is 0 Å². The minimum Gasteiger partial charge on any atom is -0.368 e. The second kappa shape index (κ2) is 7.39. The highest BCUT2D eigenvalue weighted by Crippen LogP contribution is 2.21. The molecule has 3 nitrogen and oxygen atoms in total. The first kappa shape index (κ1) is 16.4. The maximum Gasteiger partial charge on any atom is 0.173 e. The fraction of sp³-hybridized carbons (Fsp3) is 0.235. The van der Waals surface area contributed by atoms with Crippen LogP contribution in [0.4, 0.5) is 11.4 Å². The van der Waals surface area contributed by atoms with Gasteiger partial charge in [0.15, 0.2) is 5.11 Å². The topological polar surface area (TPSA) is 18.5 Å². The van der Waals surface area contributed by atoms with E-state index in [2.05, 4.69) is 21.2 Å². The van der Waals surface area contributed by atoms with Gasteiger partial charge in [0.1, 0.15) is 0 Å². The van der Waals surface area contributed by atoms with Gasteiger partial charge in [0.2, 0.25) is 0 Å². The van der Waals surface area contributed by atoms with E-state index in [1.165, 1.54) is 0 Å². The van der Waals surface area contributed by atoms with Gasteiger partial charge in [-0.3, -0.25) is 0 Å². The molecule has 1 heterocycles. The number of hydrogen-bond donors (Lipinski definition) is 1. The van der Waals surface area contributed by atoms with Gasteiger partial charge in [-0.1, -0.05) is 29.3 Å². The Balaban J connectivity index is 1.56. The molecule has 0 unspecified atom stereocenters. The van der Waals surface area contributed by atoms with Crippen LogP contribution in [0.15, 0.2) is 48.5 Å². The highest BCUT2D eigenvalue weighted by Gasteiger charge is 2.19. The molecule has 23 heavy (non-hydrogen) atoms. The first-order chi connectivity index (χ1) is 11.1. The number of anilines is 2. The third-order valence-corrected chi connectivity index (χ3v) is 4.68. The minimum atomic E-state index is 0.719. The van der Waals surface area contributed by atoms with Crippen molar-refractivity contribution in [1.29, 1.82) is 0 Å². The zero-order valence-corrected chi connectivity index (χ0v) is 14.8. The molecule has 1 fully saturated rings. The smallest absolute Gasteiger partial charge is 0.173 e. The molecule has 0 saturated carbocycles. The van der Waals surface area contributed by atoms with Gasteiger partial charge in [-0.2, -0.15) is 0 Å². The van der Waals surface area contributed by atoms with Crippen molar-refractivity contribution in [1.82, 2.24) is 4.90 Å². The van der Waals surface area contributed by atoms with E-state index in [0.29, 0.717) is 0 Å². The molecule has 0 aliphatic carbocycles. The summed E-state index contributed by atoms with van der Waals surface area (Å²) >= 11 is 17.5. The summed E-state index contributed by atoms with van der Waals surface area (Å²) < 4.78 is 0. The number of piperazine rings is 1. The number of nitrogens with zero attached hydrogens (tertiary/aromatic N) is 2. The summed E-state index contributed by atoms with van der Waals surface area (Å²) in [6.45, 7) is 3.60. The van der Waals surface area contributed by atoms with Crippen molar-refractivity contribution < 1.29 is 0 Å². The Kier molecular flexibility index (Phi) is 5.26. The van der Waals surface area contributed by atoms with E-state index in [9.17, 15) is 0 Å². The maximum atomic E-state index is 6.07. The molecule has 3 rings (SSSR count). The summed E-state index contributed by atoms with van der Waals surface area (Å²) in [5.41, 5.74) is 2.12. The molecular weight excluding hydrogens is 349 g/mol. The number of rotatable bonds is 2. The number of nitrogens with one attached hydrogen (secondary N) is 1. The zero-order valence-electron chi connectivity index (χ0n) is 12.5. The van der Waals surface area contributed by atoms with Gasteiger partial charge in [-0.25, -0.2) is 0 Å². The second-order valence-corrected chi connectivity index (χ2v) is 6.65. The highest BCUT2D eigenvalue weighted by molar-refractivity contribution is 7.80. The average molecular weight is 366 g/mol. The van der Waals surface area contributed by atoms with Crippen LogP contribution in [0.3, 0.4) is 0 Å². The van der Waals surface area contributed by atoms with Crippen LogP contribution in [0.2, 0.25) is 10.0 Å². The van der Waals surface area contributed by atoms with Crippen LogP contribution in [0.25, 0.3) is 0 Å². The second-order valence-electron chi connectivity index (χ2n) is 5.39. The van der Waals surface area contributed by atoms with Crippen molar-refractivity contribution >= 4 is 51.9 Å². The summed E-state index contributed by atoms with van der Waals surface area (Å²) in [5.74, 6) is 0. The lowest BCUT2D eigenvalue weighted by Gasteiger charge is -2.37. The molecule has 1 N–H and O–H groups in total.